The molecule has 0 unspecified atom stereocenters. The zero-order valence-corrected chi connectivity index (χ0v) is 11.0. The maximum Gasteiger partial charge on any atom is 0.196 e. The Morgan fingerprint density at radius 3 is 2.83 bits per heavy atom. The van der Waals surface area contributed by atoms with Crippen LogP contribution in [-0.2, 0) is 0 Å². The molecule has 0 saturated heterocycles. The number of nitrogens with two attached hydrogens (primary N) is 1. The summed E-state index contributed by atoms with van der Waals surface area (Å²) in [5.74, 6) is 1.44. The monoisotopic (exact) mass is 259 g/mol. The molecule has 2 N–H and O–H groups in total. The quantitative estimate of drug-likeness (QED) is 0.769. The van der Waals surface area contributed by atoms with Gasteiger partial charge in [-0.05, 0) is 19.1 Å². The summed E-state index contributed by atoms with van der Waals surface area (Å²) in [6.45, 7) is 2.04. The number of nitrogen functional groups attached to an aromatic ring is 1. The molecule has 5 heteroatoms. The van der Waals surface area contributed by atoms with Crippen molar-refractivity contribution >= 4 is 22.1 Å². The predicted octanol–water partition coefficient (Wildman–Crippen LogP) is 2.96. The zero-order chi connectivity index (χ0) is 12.7. The van der Waals surface area contributed by atoms with Crippen molar-refractivity contribution in [2.45, 2.75) is 6.92 Å². The van der Waals surface area contributed by atoms with E-state index in [1.165, 1.54) is 4.88 Å². The van der Waals surface area contributed by atoms with Crippen LogP contribution in [0, 0.1) is 6.92 Å². The van der Waals surface area contributed by atoms with Crippen molar-refractivity contribution < 1.29 is 4.74 Å². The van der Waals surface area contributed by atoms with E-state index in [1.54, 1.807) is 18.4 Å². The molecule has 0 aliphatic heterocycles. The molecule has 0 fully saturated rings. The third-order valence-corrected chi connectivity index (χ3v) is 3.74. The number of benzene rings is 1. The maximum atomic E-state index is 6.16. The lowest BCUT2D eigenvalue weighted by Crippen LogP contribution is -1.94. The fourth-order valence-corrected chi connectivity index (χ4v) is 2.84. The normalized spacial score (nSPS) is 11.0. The third kappa shape index (κ3) is 1.55. The molecule has 92 valence electrons. The second-order valence-corrected chi connectivity index (χ2v) is 5.25. The van der Waals surface area contributed by atoms with Crippen molar-refractivity contribution in [2.75, 3.05) is 12.8 Å². The van der Waals surface area contributed by atoms with E-state index in [0.717, 1.165) is 22.0 Å². The molecule has 3 aromatic rings. The topological polar surface area (TPSA) is 52.5 Å². The number of methoxy groups -OCH3 is 1. The Labute approximate surface area is 109 Å². The van der Waals surface area contributed by atoms with E-state index in [1.807, 2.05) is 41.8 Å². The van der Waals surface area contributed by atoms with Crippen LogP contribution >= 0.6 is 11.3 Å². The number of imidazole rings is 1. The number of thiazole rings is 1. The van der Waals surface area contributed by atoms with Crippen molar-refractivity contribution in [3.05, 3.63) is 35.3 Å². The van der Waals surface area contributed by atoms with E-state index in [-0.39, 0.29) is 0 Å². The number of hydrogen-bond donors (Lipinski definition) is 1. The molecule has 0 saturated carbocycles. The molecule has 0 aliphatic carbocycles. The lowest BCUT2D eigenvalue weighted by Gasteiger charge is -2.06. The molecule has 0 aliphatic rings. The third-order valence-electron chi connectivity index (χ3n) is 2.84. The number of aryl methyl sites for hydroxylation is 1. The van der Waals surface area contributed by atoms with Crippen LogP contribution in [0.4, 0.5) is 5.82 Å². The van der Waals surface area contributed by atoms with E-state index in [4.69, 9.17) is 10.5 Å². The molecular weight excluding hydrogens is 246 g/mol. The summed E-state index contributed by atoms with van der Waals surface area (Å²) in [5, 5.41) is 0. The molecule has 2 aromatic heterocycles. The molecule has 0 atom stereocenters. The van der Waals surface area contributed by atoms with E-state index in [9.17, 15) is 0 Å². The molecule has 2 heterocycles. The van der Waals surface area contributed by atoms with Crippen LogP contribution < -0.4 is 10.5 Å². The Morgan fingerprint density at radius 1 is 1.33 bits per heavy atom. The van der Waals surface area contributed by atoms with Crippen molar-refractivity contribution in [3.8, 4) is 17.0 Å². The number of rotatable bonds is 2. The number of nitrogens with zero attached hydrogens (tertiary/aromatic N) is 2. The molecule has 0 spiro atoms. The minimum Gasteiger partial charge on any atom is -0.496 e. The van der Waals surface area contributed by atoms with Gasteiger partial charge < -0.3 is 10.5 Å². The largest absolute Gasteiger partial charge is 0.496 e. The van der Waals surface area contributed by atoms with E-state index >= 15 is 0 Å². The SMILES string of the molecule is COc1ccccc1-c1nc2sc(C)cn2c1N. The summed E-state index contributed by atoms with van der Waals surface area (Å²) in [5.41, 5.74) is 7.86. The van der Waals surface area contributed by atoms with Gasteiger partial charge >= 0.3 is 0 Å². The van der Waals surface area contributed by atoms with Crippen LogP contribution in [-0.4, -0.2) is 16.5 Å². The van der Waals surface area contributed by atoms with Crippen LogP contribution in [0.25, 0.3) is 16.2 Å². The molecule has 3 rings (SSSR count). The highest BCUT2D eigenvalue weighted by atomic mass is 32.1. The average Bonchev–Trinajstić information content (AvgIpc) is 2.88. The van der Waals surface area contributed by atoms with Gasteiger partial charge in [-0.1, -0.05) is 12.1 Å². The van der Waals surface area contributed by atoms with Crippen molar-refractivity contribution in [1.29, 1.82) is 0 Å². The smallest absolute Gasteiger partial charge is 0.196 e. The van der Waals surface area contributed by atoms with E-state index in [0.29, 0.717) is 5.82 Å². The van der Waals surface area contributed by atoms with Gasteiger partial charge in [-0.15, -0.1) is 11.3 Å². The standard InChI is InChI=1S/C13H13N3OS/c1-8-7-16-12(14)11(15-13(16)18-8)9-5-3-4-6-10(9)17-2/h3-7H,14H2,1-2H3. The highest BCUT2D eigenvalue weighted by molar-refractivity contribution is 7.17. The number of hydrogen-bond acceptors (Lipinski definition) is 4. The second kappa shape index (κ2) is 4.03. The van der Waals surface area contributed by atoms with Gasteiger partial charge in [0.1, 0.15) is 17.3 Å². The average molecular weight is 259 g/mol. The number of fused-ring (bicyclic) bond motifs is 1. The highest BCUT2D eigenvalue weighted by Crippen LogP contribution is 2.35. The van der Waals surface area contributed by atoms with Crippen LogP contribution in [0.15, 0.2) is 30.5 Å². The Balaban J connectivity index is 2.25. The fourth-order valence-electron chi connectivity index (χ4n) is 2.01. The van der Waals surface area contributed by atoms with E-state index < -0.39 is 0 Å². The zero-order valence-electron chi connectivity index (χ0n) is 10.2. The van der Waals surface area contributed by atoms with E-state index in [2.05, 4.69) is 4.98 Å². The summed E-state index contributed by atoms with van der Waals surface area (Å²) in [6.07, 6.45) is 2.00. The molecular formula is C13H13N3OS. The van der Waals surface area contributed by atoms with Crippen molar-refractivity contribution in [2.24, 2.45) is 0 Å². The minimum atomic E-state index is 0.652. The molecule has 18 heavy (non-hydrogen) atoms. The second-order valence-electron chi connectivity index (χ2n) is 4.04. The van der Waals surface area contributed by atoms with Gasteiger partial charge in [0.25, 0.3) is 0 Å². The first-order valence-corrected chi connectivity index (χ1v) is 6.39. The first kappa shape index (κ1) is 11.1. The van der Waals surface area contributed by atoms with Gasteiger partial charge in [0.05, 0.1) is 7.11 Å². The number of anilines is 1. The Bertz CT molecular complexity index is 714. The number of aromatic nitrogens is 2. The molecule has 0 radical (unpaired) electrons. The van der Waals surface area contributed by atoms with Crippen molar-refractivity contribution in [1.82, 2.24) is 9.38 Å². The summed E-state index contributed by atoms with van der Waals surface area (Å²) in [4.78, 5) is 6.69. The van der Waals surface area contributed by atoms with Crippen molar-refractivity contribution in [3.63, 3.8) is 0 Å². The van der Waals surface area contributed by atoms with Crippen LogP contribution in [0.2, 0.25) is 0 Å². The Hall–Kier alpha value is -2.01. The minimum absolute atomic E-state index is 0.652. The first-order valence-electron chi connectivity index (χ1n) is 5.58. The van der Waals surface area contributed by atoms with Crippen LogP contribution in [0.3, 0.4) is 0 Å². The van der Waals surface area contributed by atoms with Gasteiger partial charge in [0.15, 0.2) is 4.96 Å². The van der Waals surface area contributed by atoms with Gasteiger partial charge in [0, 0.05) is 16.6 Å². The molecule has 0 amide bonds. The summed E-state index contributed by atoms with van der Waals surface area (Å²) >= 11 is 1.63. The van der Waals surface area contributed by atoms with Gasteiger partial charge in [0.2, 0.25) is 0 Å². The molecule has 0 bridgehead atoms. The van der Waals surface area contributed by atoms with Crippen LogP contribution in [0.1, 0.15) is 4.88 Å². The molecule has 1 aromatic carbocycles. The van der Waals surface area contributed by atoms with Crippen LogP contribution in [0.5, 0.6) is 5.75 Å². The molecule has 4 nitrogen and oxygen atoms in total. The lowest BCUT2D eigenvalue weighted by molar-refractivity contribution is 0.416. The Kier molecular flexibility index (Phi) is 2.48. The fraction of sp³-hybridized carbons (Fsp3) is 0.154. The first-order chi connectivity index (χ1) is 8.70. The Morgan fingerprint density at radius 2 is 2.11 bits per heavy atom. The number of para-hydroxylation sites is 1. The lowest BCUT2D eigenvalue weighted by atomic mass is 10.1. The summed E-state index contributed by atoms with van der Waals surface area (Å²) in [7, 11) is 1.65. The highest BCUT2D eigenvalue weighted by Gasteiger charge is 2.16. The van der Waals surface area contributed by atoms with Gasteiger partial charge in [-0.25, -0.2) is 4.98 Å². The van der Waals surface area contributed by atoms with Gasteiger partial charge in [-0.3, -0.25) is 4.40 Å². The summed E-state index contributed by atoms with van der Waals surface area (Å²) < 4.78 is 7.27. The number of ether oxygens (including phenoxy) is 1. The maximum absolute atomic E-state index is 6.16. The predicted molar refractivity (Wildman–Crippen MR) is 74.2 cm³/mol. The summed E-state index contributed by atoms with van der Waals surface area (Å²) in [6, 6.07) is 7.76. The van der Waals surface area contributed by atoms with Gasteiger partial charge in [-0.2, -0.15) is 0 Å².